The number of carbonyl (C=O) groups is 1. The van der Waals surface area contributed by atoms with Crippen molar-refractivity contribution in [2.24, 2.45) is 0 Å². The number of aryl methyl sites for hydroxylation is 1. The predicted octanol–water partition coefficient (Wildman–Crippen LogP) is 1.13. The highest BCUT2D eigenvalue weighted by atomic mass is 16.5. The van der Waals surface area contributed by atoms with E-state index in [1.807, 2.05) is 0 Å². The second kappa shape index (κ2) is 5.67. The Hall–Kier alpha value is -1.56. The maximum Gasteiger partial charge on any atom is 0.303 e. The molecule has 6 heteroatoms. The Bertz CT molecular complexity index is 391. The number of rotatable bonds is 4. The number of aromatic nitrogens is 3. The van der Waals surface area contributed by atoms with E-state index in [2.05, 4.69) is 15.2 Å². The Morgan fingerprint density at radius 2 is 2.41 bits per heavy atom. The van der Waals surface area contributed by atoms with Gasteiger partial charge in [-0.05, 0) is 19.3 Å². The molecule has 1 aromatic heterocycles. The van der Waals surface area contributed by atoms with Crippen LogP contribution in [0.2, 0.25) is 0 Å². The molecule has 92 valence electrons. The van der Waals surface area contributed by atoms with E-state index in [1.165, 1.54) is 0 Å². The van der Waals surface area contributed by atoms with Gasteiger partial charge in [0.2, 0.25) is 0 Å². The third-order valence-electron chi connectivity index (χ3n) is 2.69. The molecule has 1 atom stereocenters. The SMILES string of the molecule is O=C(O)CCc1nncc(C2CCCCO2)n1. The van der Waals surface area contributed by atoms with Gasteiger partial charge in [0.15, 0.2) is 5.82 Å². The van der Waals surface area contributed by atoms with E-state index in [-0.39, 0.29) is 12.5 Å². The van der Waals surface area contributed by atoms with E-state index in [1.54, 1.807) is 6.20 Å². The number of carboxylic acids is 1. The van der Waals surface area contributed by atoms with E-state index in [9.17, 15) is 4.79 Å². The molecule has 0 saturated carbocycles. The first-order chi connectivity index (χ1) is 8.25. The van der Waals surface area contributed by atoms with Crippen LogP contribution in [0.25, 0.3) is 0 Å². The monoisotopic (exact) mass is 237 g/mol. The molecule has 6 nitrogen and oxygen atoms in total. The van der Waals surface area contributed by atoms with Gasteiger partial charge in [-0.15, -0.1) is 5.10 Å². The highest BCUT2D eigenvalue weighted by Gasteiger charge is 2.18. The van der Waals surface area contributed by atoms with E-state index in [0.717, 1.165) is 31.6 Å². The second-order valence-corrected chi connectivity index (χ2v) is 4.05. The van der Waals surface area contributed by atoms with Crippen LogP contribution in [-0.2, 0) is 16.0 Å². The number of ether oxygens (including phenoxy) is 1. The average Bonchev–Trinajstić information content (AvgIpc) is 2.38. The Balaban J connectivity index is 2.02. The van der Waals surface area contributed by atoms with Crippen LogP contribution in [0.5, 0.6) is 0 Å². The molecule has 1 aliphatic heterocycles. The van der Waals surface area contributed by atoms with Gasteiger partial charge in [-0.25, -0.2) is 4.98 Å². The van der Waals surface area contributed by atoms with Crippen molar-refractivity contribution in [3.05, 3.63) is 17.7 Å². The summed E-state index contributed by atoms with van der Waals surface area (Å²) in [6, 6.07) is 0. The molecule has 1 saturated heterocycles. The van der Waals surface area contributed by atoms with Gasteiger partial charge in [-0.2, -0.15) is 5.10 Å². The van der Waals surface area contributed by atoms with Gasteiger partial charge in [0, 0.05) is 13.0 Å². The van der Waals surface area contributed by atoms with Crippen molar-refractivity contribution in [1.82, 2.24) is 15.2 Å². The minimum Gasteiger partial charge on any atom is -0.481 e. The van der Waals surface area contributed by atoms with Crippen molar-refractivity contribution in [2.75, 3.05) is 6.61 Å². The third kappa shape index (κ3) is 3.45. The molecule has 1 aromatic rings. The lowest BCUT2D eigenvalue weighted by Crippen LogP contribution is -2.15. The molecule has 2 rings (SSSR count). The average molecular weight is 237 g/mol. The zero-order chi connectivity index (χ0) is 12.1. The molecule has 1 unspecified atom stereocenters. The highest BCUT2D eigenvalue weighted by molar-refractivity contribution is 5.66. The molecule has 1 N–H and O–H groups in total. The van der Waals surface area contributed by atoms with Crippen LogP contribution in [0, 0.1) is 0 Å². The molecule has 0 aliphatic carbocycles. The lowest BCUT2D eigenvalue weighted by atomic mass is 10.1. The van der Waals surface area contributed by atoms with Crippen molar-refractivity contribution in [3.8, 4) is 0 Å². The van der Waals surface area contributed by atoms with Crippen molar-refractivity contribution in [2.45, 2.75) is 38.2 Å². The zero-order valence-electron chi connectivity index (χ0n) is 9.50. The van der Waals surface area contributed by atoms with Gasteiger partial charge in [0.1, 0.15) is 6.10 Å². The fourth-order valence-electron chi connectivity index (χ4n) is 1.81. The number of aliphatic carboxylic acids is 1. The minimum absolute atomic E-state index is 0.0113. The predicted molar refractivity (Wildman–Crippen MR) is 58.3 cm³/mol. The number of carboxylic acid groups (broad SMARTS) is 1. The fourth-order valence-corrected chi connectivity index (χ4v) is 1.81. The Kier molecular flexibility index (Phi) is 3.98. The first-order valence-electron chi connectivity index (χ1n) is 5.77. The smallest absolute Gasteiger partial charge is 0.303 e. The van der Waals surface area contributed by atoms with Gasteiger partial charge in [0.25, 0.3) is 0 Å². The summed E-state index contributed by atoms with van der Waals surface area (Å²) in [5.41, 5.74) is 0.764. The standard InChI is InChI=1S/C11H15N3O3/c15-11(16)5-4-10-13-8(7-12-14-10)9-3-1-2-6-17-9/h7,9H,1-6H2,(H,15,16). The van der Waals surface area contributed by atoms with Crippen molar-refractivity contribution < 1.29 is 14.6 Å². The van der Waals surface area contributed by atoms with Crippen LogP contribution >= 0.6 is 0 Å². The first-order valence-corrected chi connectivity index (χ1v) is 5.77. The van der Waals surface area contributed by atoms with Crippen LogP contribution in [0.3, 0.4) is 0 Å². The van der Waals surface area contributed by atoms with Gasteiger partial charge < -0.3 is 9.84 Å². The molecule has 1 fully saturated rings. The zero-order valence-corrected chi connectivity index (χ0v) is 9.50. The van der Waals surface area contributed by atoms with Crippen LogP contribution in [0.4, 0.5) is 0 Å². The summed E-state index contributed by atoms with van der Waals surface area (Å²) in [5, 5.41) is 16.3. The van der Waals surface area contributed by atoms with Crippen LogP contribution < -0.4 is 0 Å². The molecule has 2 heterocycles. The van der Waals surface area contributed by atoms with Crippen molar-refractivity contribution in [1.29, 1.82) is 0 Å². The molecule has 1 aliphatic rings. The Morgan fingerprint density at radius 3 is 3.12 bits per heavy atom. The summed E-state index contributed by atoms with van der Waals surface area (Å²) in [6.07, 6.45) is 5.07. The third-order valence-corrected chi connectivity index (χ3v) is 2.69. The molecule has 0 spiro atoms. The maximum absolute atomic E-state index is 10.5. The lowest BCUT2D eigenvalue weighted by molar-refractivity contribution is -0.137. The topological polar surface area (TPSA) is 85.2 Å². The lowest BCUT2D eigenvalue weighted by Gasteiger charge is -2.21. The van der Waals surface area contributed by atoms with E-state index >= 15 is 0 Å². The van der Waals surface area contributed by atoms with Gasteiger partial charge in [0.05, 0.1) is 18.3 Å². The molecule has 17 heavy (non-hydrogen) atoms. The number of hydrogen-bond acceptors (Lipinski definition) is 5. The number of hydrogen-bond donors (Lipinski definition) is 1. The largest absolute Gasteiger partial charge is 0.481 e. The van der Waals surface area contributed by atoms with Gasteiger partial charge >= 0.3 is 5.97 Å². The van der Waals surface area contributed by atoms with Crippen LogP contribution in [-0.4, -0.2) is 32.9 Å². The second-order valence-electron chi connectivity index (χ2n) is 4.05. The molecular weight excluding hydrogens is 222 g/mol. The summed E-state index contributed by atoms with van der Waals surface area (Å²) in [4.78, 5) is 14.8. The summed E-state index contributed by atoms with van der Waals surface area (Å²) in [5.74, 6) is -0.382. The first kappa shape index (κ1) is 11.9. The quantitative estimate of drug-likeness (QED) is 0.844. The van der Waals surface area contributed by atoms with E-state index < -0.39 is 5.97 Å². The van der Waals surface area contributed by atoms with Crippen molar-refractivity contribution >= 4 is 5.97 Å². The molecular formula is C11H15N3O3. The Labute approximate surface area is 99.0 Å². The van der Waals surface area contributed by atoms with Gasteiger partial charge in [-0.1, -0.05) is 0 Å². The molecule has 0 aromatic carbocycles. The summed E-state index contributed by atoms with van der Waals surface area (Å²) >= 11 is 0. The van der Waals surface area contributed by atoms with Crippen LogP contribution in [0.15, 0.2) is 6.20 Å². The maximum atomic E-state index is 10.5. The normalized spacial score (nSPS) is 20.1. The minimum atomic E-state index is -0.854. The number of nitrogens with zero attached hydrogens (tertiary/aromatic N) is 3. The summed E-state index contributed by atoms with van der Waals surface area (Å²) in [6.45, 7) is 0.749. The molecule has 0 bridgehead atoms. The van der Waals surface area contributed by atoms with Crippen molar-refractivity contribution in [3.63, 3.8) is 0 Å². The molecule has 0 radical (unpaired) electrons. The Morgan fingerprint density at radius 1 is 1.53 bits per heavy atom. The van der Waals surface area contributed by atoms with E-state index in [0.29, 0.717) is 12.2 Å². The summed E-state index contributed by atoms with van der Waals surface area (Å²) < 4.78 is 5.60. The van der Waals surface area contributed by atoms with Crippen LogP contribution in [0.1, 0.15) is 43.3 Å². The highest BCUT2D eigenvalue weighted by Crippen LogP contribution is 2.25. The molecule has 0 amide bonds. The van der Waals surface area contributed by atoms with E-state index in [4.69, 9.17) is 9.84 Å². The summed E-state index contributed by atoms with van der Waals surface area (Å²) in [7, 11) is 0. The fraction of sp³-hybridized carbons (Fsp3) is 0.636. The van der Waals surface area contributed by atoms with Gasteiger partial charge in [-0.3, -0.25) is 4.79 Å².